The molecular formula is C55H100O5. The summed E-state index contributed by atoms with van der Waals surface area (Å²) in [6.45, 7) is 7.70. The Labute approximate surface area is 373 Å². The largest absolute Gasteiger partial charge is 0.462 e. The molecule has 0 saturated carbocycles. The monoisotopic (exact) mass is 841 g/mol. The first-order chi connectivity index (χ1) is 29.6. The minimum atomic E-state index is -0.536. The quantitative estimate of drug-likeness (QED) is 0.0347. The zero-order valence-corrected chi connectivity index (χ0v) is 40.2. The molecule has 0 N–H and O–H groups in total. The molecule has 0 spiro atoms. The Bertz CT molecular complexity index is 997. The van der Waals surface area contributed by atoms with E-state index in [2.05, 4.69) is 69.4 Å². The van der Waals surface area contributed by atoms with Gasteiger partial charge in [-0.05, 0) is 77.0 Å². The molecule has 350 valence electrons. The SMILES string of the molecule is CC/C=C\C/C=C\C/C=C\CCCCCCCCCC(=O)OCC(COCCCCCCCCCCCC/C=C\CCCCCCCC)OC(=O)CCCCCCCCC. The van der Waals surface area contributed by atoms with Gasteiger partial charge in [0, 0.05) is 19.4 Å². The van der Waals surface area contributed by atoms with Gasteiger partial charge in [0.15, 0.2) is 6.10 Å². The number of ether oxygens (including phenoxy) is 3. The summed E-state index contributed by atoms with van der Waals surface area (Å²) in [6.07, 6.45) is 62.8. The Kier molecular flexibility index (Phi) is 49.4. The lowest BCUT2D eigenvalue weighted by atomic mass is 10.1. The first-order valence-corrected chi connectivity index (χ1v) is 26.2. The molecule has 0 saturated heterocycles. The normalized spacial score (nSPS) is 12.5. The smallest absolute Gasteiger partial charge is 0.306 e. The van der Waals surface area contributed by atoms with E-state index in [0.717, 1.165) is 70.6 Å². The van der Waals surface area contributed by atoms with Crippen LogP contribution in [0.1, 0.15) is 265 Å². The van der Waals surface area contributed by atoms with Crippen LogP contribution in [0, 0.1) is 0 Å². The average Bonchev–Trinajstić information content (AvgIpc) is 3.25. The third-order valence-electron chi connectivity index (χ3n) is 11.3. The molecule has 0 aliphatic heterocycles. The zero-order valence-electron chi connectivity index (χ0n) is 40.2. The molecule has 0 radical (unpaired) electrons. The number of unbranched alkanes of at least 4 members (excludes halogenated alkanes) is 29. The van der Waals surface area contributed by atoms with Gasteiger partial charge in [-0.3, -0.25) is 9.59 Å². The fraction of sp³-hybridized carbons (Fsp3) is 0.818. The molecule has 5 heteroatoms. The maximum atomic E-state index is 12.7. The van der Waals surface area contributed by atoms with Gasteiger partial charge >= 0.3 is 11.9 Å². The summed E-state index contributed by atoms with van der Waals surface area (Å²) < 4.78 is 17.3. The minimum absolute atomic E-state index is 0.0819. The summed E-state index contributed by atoms with van der Waals surface area (Å²) in [5, 5.41) is 0. The van der Waals surface area contributed by atoms with E-state index in [9.17, 15) is 9.59 Å². The fourth-order valence-corrected chi connectivity index (χ4v) is 7.46. The second-order valence-electron chi connectivity index (χ2n) is 17.4. The van der Waals surface area contributed by atoms with E-state index < -0.39 is 6.10 Å². The lowest BCUT2D eigenvalue weighted by molar-refractivity contribution is -0.163. The van der Waals surface area contributed by atoms with Gasteiger partial charge in [-0.1, -0.05) is 223 Å². The van der Waals surface area contributed by atoms with Crippen LogP contribution in [0.5, 0.6) is 0 Å². The van der Waals surface area contributed by atoms with Crippen LogP contribution in [-0.4, -0.2) is 37.9 Å². The summed E-state index contributed by atoms with van der Waals surface area (Å²) in [4.78, 5) is 25.2. The molecule has 1 unspecified atom stereocenters. The van der Waals surface area contributed by atoms with E-state index >= 15 is 0 Å². The first kappa shape index (κ1) is 57.9. The highest BCUT2D eigenvalue weighted by Gasteiger charge is 2.17. The van der Waals surface area contributed by atoms with Gasteiger partial charge in [-0.25, -0.2) is 0 Å². The van der Waals surface area contributed by atoms with Gasteiger partial charge in [0.1, 0.15) is 6.61 Å². The molecule has 0 aliphatic rings. The van der Waals surface area contributed by atoms with Gasteiger partial charge in [-0.2, -0.15) is 0 Å². The molecule has 0 aromatic carbocycles. The summed E-state index contributed by atoms with van der Waals surface area (Å²) >= 11 is 0. The lowest BCUT2D eigenvalue weighted by Crippen LogP contribution is -2.30. The number of carbonyl (C=O) groups is 2. The van der Waals surface area contributed by atoms with Crippen molar-refractivity contribution < 1.29 is 23.8 Å². The van der Waals surface area contributed by atoms with Crippen LogP contribution >= 0.6 is 0 Å². The third kappa shape index (κ3) is 48.5. The molecule has 0 aromatic heterocycles. The van der Waals surface area contributed by atoms with Crippen LogP contribution in [0.3, 0.4) is 0 Å². The van der Waals surface area contributed by atoms with E-state index in [0.29, 0.717) is 19.4 Å². The van der Waals surface area contributed by atoms with Crippen molar-refractivity contribution in [1.82, 2.24) is 0 Å². The highest BCUT2D eigenvalue weighted by Crippen LogP contribution is 2.15. The van der Waals surface area contributed by atoms with Crippen LogP contribution in [0.2, 0.25) is 0 Å². The molecule has 60 heavy (non-hydrogen) atoms. The van der Waals surface area contributed by atoms with Gasteiger partial charge < -0.3 is 14.2 Å². The van der Waals surface area contributed by atoms with Gasteiger partial charge in [0.25, 0.3) is 0 Å². The van der Waals surface area contributed by atoms with Crippen LogP contribution in [0.4, 0.5) is 0 Å². The second-order valence-corrected chi connectivity index (χ2v) is 17.4. The fourth-order valence-electron chi connectivity index (χ4n) is 7.46. The average molecular weight is 841 g/mol. The maximum Gasteiger partial charge on any atom is 0.306 e. The predicted octanol–water partition coefficient (Wildman–Crippen LogP) is 17.6. The standard InChI is InChI=1S/C55H100O5/c1-4-7-10-13-16-18-20-22-24-26-27-28-30-32-34-36-38-41-44-47-50-58-51-53(60-55(57)49-46-43-39-15-12-9-6-3)52-59-54(56)48-45-42-40-37-35-33-31-29-25-23-21-19-17-14-11-8-5-2/h8,11,17,19,22-25,53H,4-7,9-10,12-16,18,20-21,26-52H2,1-3H3/b11-8-,19-17-,24-22-,25-23-. The lowest BCUT2D eigenvalue weighted by Gasteiger charge is -2.18. The van der Waals surface area contributed by atoms with E-state index in [-0.39, 0.29) is 25.2 Å². The molecule has 5 nitrogen and oxygen atoms in total. The Balaban J connectivity index is 4.08. The van der Waals surface area contributed by atoms with E-state index in [4.69, 9.17) is 14.2 Å². The van der Waals surface area contributed by atoms with Crippen molar-refractivity contribution in [2.75, 3.05) is 19.8 Å². The highest BCUT2D eigenvalue weighted by molar-refractivity contribution is 5.70. The van der Waals surface area contributed by atoms with Crippen molar-refractivity contribution in [2.45, 2.75) is 271 Å². The maximum absolute atomic E-state index is 12.7. The van der Waals surface area contributed by atoms with Crippen molar-refractivity contribution in [3.05, 3.63) is 48.6 Å². The molecular weight excluding hydrogens is 741 g/mol. The van der Waals surface area contributed by atoms with Crippen molar-refractivity contribution >= 4 is 11.9 Å². The topological polar surface area (TPSA) is 61.8 Å². The van der Waals surface area contributed by atoms with E-state index in [1.165, 1.54) is 161 Å². The third-order valence-corrected chi connectivity index (χ3v) is 11.3. The Morgan fingerprint density at radius 2 is 0.750 bits per heavy atom. The Hall–Kier alpha value is -2.14. The van der Waals surface area contributed by atoms with E-state index in [1.54, 1.807) is 0 Å². The van der Waals surface area contributed by atoms with Crippen molar-refractivity contribution in [3.8, 4) is 0 Å². The number of allylic oxidation sites excluding steroid dienone is 8. The van der Waals surface area contributed by atoms with Gasteiger partial charge in [0.05, 0.1) is 6.61 Å². The molecule has 0 aromatic rings. The number of esters is 2. The molecule has 1 atom stereocenters. The summed E-state index contributed by atoms with van der Waals surface area (Å²) in [6, 6.07) is 0. The van der Waals surface area contributed by atoms with Gasteiger partial charge in [0.2, 0.25) is 0 Å². The highest BCUT2D eigenvalue weighted by atomic mass is 16.6. The molecule has 0 amide bonds. The van der Waals surface area contributed by atoms with Gasteiger partial charge in [-0.15, -0.1) is 0 Å². The molecule has 0 bridgehead atoms. The molecule has 0 heterocycles. The number of rotatable bonds is 48. The minimum Gasteiger partial charge on any atom is -0.462 e. The number of carbonyl (C=O) groups excluding carboxylic acids is 2. The summed E-state index contributed by atoms with van der Waals surface area (Å²) in [7, 11) is 0. The van der Waals surface area contributed by atoms with Crippen molar-refractivity contribution in [2.24, 2.45) is 0 Å². The molecule has 0 aliphatic carbocycles. The predicted molar refractivity (Wildman–Crippen MR) is 261 cm³/mol. The summed E-state index contributed by atoms with van der Waals surface area (Å²) in [5.74, 6) is -0.406. The summed E-state index contributed by atoms with van der Waals surface area (Å²) in [5.41, 5.74) is 0. The first-order valence-electron chi connectivity index (χ1n) is 26.2. The molecule has 0 fully saturated rings. The number of hydrogen-bond acceptors (Lipinski definition) is 5. The Morgan fingerprint density at radius 3 is 1.22 bits per heavy atom. The second kappa shape index (κ2) is 51.2. The van der Waals surface area contributed by atoms with Crippen molar-refractivity contribution in [3.63, 3.8) is 0 Å². The number of hydrogen-bond donors (Lipinski definition) is 0. The van der Waals surface area contributed by atoms with Crippen LogP contribution in [0.15, 0.2) is 48.6 Å². The van der Waals surface area contributed by atoms with Crippen LogP contribution in [0.25, 0.3) is 0 Å². The van der Waals surface area contributed by atoms with Crippen LogP contribution < -0.4 is 0 Å². The van der Waals surface area contributed by atoms with Crippen molar-refractivity contribution in [1.29, 1.82) is 0 Å². The molecule has 0 rings (SSSR count). The zero-order chi connectivity index (χ0) is 43.5. The van der Waals surface area contributed by atoms with Crippen LogP contribution in [-0.2, 0) is 23.8 Å². The Morgan fingerprint density at radius 1 is 0.383 bits per heavy atom. The van der Waals surface area contributed by atoms with E-state index in [1.807, 2.05) is 0 Å².